The predicted octanol–water partition coefficient (Wildman–Crippen LogP) is 1.77. The molecular weight excluding hydrogens is 240 g/mol. The topological polar surface area (TPSA) is 61.3 Å². The van der Waals surface area contributed by atoms with Crippen LogP contribution in [-0.4, -0.2) is 41.3 Å². The normalized spacial score (nSPS) is 12.3. The number of nitrogens with zero attached hydrogens (tertiary/aromatic N) is 3. The third-order valence-corrected chi connectivity index (χ3v) is 2.42. The minimum atomic E-state index is -0.432. The van der Waals surface area contributed by atoms with Gasteiger partial charge in [0.05, 0.1) is 12.3 Å². The molecule has 0 radical (unpaired) electrons. The summed E-state index contributed by atoms with van der Waals surface area (Å²) in [6.45, 7) is 5.09. The van der Waals surface area contributed by atoms with Gasteiger partial charge in [-0.25, -0.2) is 4.98 Å². The number of nitrogens with one attached hydrogen (secondary N) is 1. The Balaban J connectivity index is 2.81. The molecule has 1 heterocycles. The Labute approximate surface area is 107 Å². The van der Waals surface area contributed by atoms with Gasteiger partial charge >= 0.3 is 0 Å². The van der Waals surface area contributed by atoms with Gasteiger partial charge in [-0.15, -0.1) is 0 Å². The molecule has 0 amide bonds. The number of anilines is 2. The summed E-state index contributed by atoms with van der Waals surface area (Å²) in [5, 5.41) is 12.9. The van der Waals surface area contributed by atoms with Crippen molar-refractivity contribution in [1.82, 2.24) is 9.97 Å². The van der Waals surface area contributed by atoms with E-state index in [2.05, 4.69) is 22.2 Å². The van der Waals surface area contributed by atoms with Gasteiger partial charge in [0.1, 0.15) is 5.02 Å². The summed E-state index contributed by atoms with van der Waals surface area (Å²) in [5.41, 5.74) is 0. The van der Waals surface area contributed by atoms with Crippen molar-refractivity contribution in [3.8, 4) is 0 Å². The summed E-state index contributed by atoms with van der Waals surface area (Å²) in [6.07, 6.45) is 2.14. The number of aromatic nitrogens is 2. The molecule has 1 aromatic heterocycles. The van der Waals surface area contributed by atoms with Crippen LogP contribution < -0.4 is 10.2 Å². The molecule has 0 bridgehead atoms. The highest BCUT2D eigenvalue weighted by atomic mass is 35.5. The first-order valence-corrected chi connectivity index (χ1v) is 6.08. The van der Waals surface area contributed by atoms with E-state index in [9.17, 15) is 5.11 Å². The number of likely N-dealkylation sites (N-methyl/N-ethyl adjacent to an activating group) is 1. The second kappa shape index (κ2) is 6.61. The van der Waals surface area contributed by atoms with Gasteiger partial charge in [-0.3, -0.25) is 0 Å². The monoisotopic (exact) mass is 258 g/mol. The van der Waals surface area contributed by atoms with Gasteiger partial charge in [0.2, 0.25) is 5.95 Å². The summed E-state index contributed by atoms with van der Waals surface area (Å²) < 4.78 is 0. The summed E-state index contributed by atoms with van der Waals surface area (Å²) in [4.78, 5) is 10.2. The van der Waals surface area contributed by atoms with Crippen LogP contribution in [0.1, 0.15) is 20.3 Å². The van der Waals surface area contributed by atoms with Crippen LogP contribution in [0.25, 0.3) is 0 Å². The first-order chi connectivity index (χ1) is 8.04. The highest BCUT2D eigenvalue weighted by Gasteiger charge is 2.11. The van der Waals surface area contributed by atoms with Crippen LogP contribution in [0.5, 0.6) is 0 Å². The molecule has 96 valence electrons. The first-order valence-electron chi connectivity index (χ1n) is 5.70. The van der Waals surface area contributed by atoms with Crippen molar-refractivity contribution in [2.24, 2.45) is 0 Å². The van der Waals surface area contributed by atoms with Gasteiger partial charge in [0.25, 0.3) is 0 Å². The van der Waals surface area contributed by atoms with E-state index in [1.54, 1.807) is 13.1 Å². The Morgan fingerprint density at radius 1 is 1.59 bits per heavy atom. The molecule has 17 heavy (non-hydrogen) atoms. The van der Waals surface area contributed by atoms with Crippen molar-refractivity contribution in [2.45, 2.75) is 26.4 Å². The summed E-state index contributed by atoms with van der Waals surface area (Å²) in [5.74, 6) is 1.19. The van der Waals surface area contributed by atoms with E-state index in [4.69, 9.17) is 11.6 Å². The molecule has 0 saturated carbocycles. The highest BCUT2D eigenvalue weighted by molar-refractivity contribution is 6.32. The van der Waals surface area contributed by atoms with E-state index in [0.717, 1.165) is 13.0 Å². The molecule has 0 spiro atoms. The van der Waals surface area contributed by atoms with Crippen molar-refractivity contribution in [3.63, 3.8) is 0 Å². The molecule has 0 aliphatic carbocycles. The van der Waals surface area contributed by atoms with Gasteiger partial charge < -0.3 is 15.3 Å². The lowest BCUT2D eigenvalue weighted by Crippen LogP contribution is -2.28. The molecule has 1 rings (SSSR count). The molecule has 1 aromatic rings. The van der Waals surface area contributed by atoms with Crippen LogP contribution in [0, 0.1) is 0 Å². The molecular formula is C11H19ClN4O. The molecule has 0 aliphatic heterocycles. The lowest BCUT2D eigenvalue weighted by Gasteiger charge is -2.21. The maximum Gasteiger partial charge on any atom is 0.224 e. The molecule has 0 aromatic carbocycles. The minimum Gasteiger partial charge on any atom is -0.392 e. The van der Waals surface area contributed by atoms with Crippen LogP contribution in [0.4, 0.5) is 11.8 Å². The van der Waals surface area contributed by atoms with Crippen molar-refractivity contribution in [3.05, 3.63) is 11.2 Å². The fraction of sp³-hybridized carbons (Fsp3) is 0.636. The summed E-state index contributed by atoms with van der Waals surface area (Å²) in [7, 11) is 1.84. The molecule has 5 nitrogen and oxygen atoms in total. The van der Waals surface area contributed by atoms with Gasteiger partial charge in [0.15, 0.2) is 5.82 Å². The van der Waals surface area contributed by atoms with Crippen LogP contribution in [0.15, 0.2) is 6.20 Å². The number of hydrogen-bond donors (Lipinski definition) is 2. The van der Waals surface area contributed by atoms with Gasteiger partial charge in [-0.1, -0.05) is 18.5 Å². The lowest BCUT2D eigenvalue weighted by atomic mass is 10.3. The maximum absolute atomic E-state index is 9.34. The average molecular weight is 259 g/mol. The lowest BCUT2D eigenvalue weighted by molar-refractivity contribution is 0.201. The Morgan fingerprint density at radius 2 is 2.29 bits per heavy atom. The smallest absolute Gasteiger partial charge is 0.224 e. The summed E-state index contributed by atoms with van der Waals surface area (Å²) >= 11 is 6.03. The second-order valence-electron chi connectivity index (χ2n) is 4.02. The number of aliphatic hydroxyl groups excluding tert-OH is 1. The SMILES string of the molecule is CCCNc1ncc(Cl)c(N(C)CC(C)O)n1. The number of rotatable bonds is 6. The van der Waals surface area contributed by atoms with E-state index in [0.29, 0.717) is 23.3 Å². The molecule has 6 heteroatoms. The zero-order valence-corrected chi connectivity index (χ0v) is 11.2. The molecule has 2 N–H and O–H groups in total. The Kier molecular flexibility index (Phi) is 5.44. The first kappa shape index (κ1) is 14.0. The van der Waals surface area contributed by atoms with E-state index in [1.807, 2.05) is 11.9 Å². The third-order valence-electron chi connectivity index (χ3n) is 2.16. The van der Waals surface area contributed by atoms with Crippen molar-refractivity contribution >= 4 is 23.4 Å². The third kappa shape index (κ3) is 4.36. The Morgan fingerprint density at radius 3 is 2.88 bits per heavy atom. The number of halogens is 1. The van der Waals surface area contributed by atoms with Gasteiger partial charge in [-0.2, -0.15) is 4.98 Å². The zero-order chi connectivity index (χ0) is 12.8. The quantitative estimate of drug-likeness (QED) is 0.814. The van der Waals surface area contributed by atoms with Crippen molar-refractivity contribution in [2.75, 3.05) is 30.4 Å². The van der Waals surface area contributed by atoms with Crippen molar-refractivity contribution in [1.29, 1.82) is 0 Å². The van der Waals surface area contributed by atoms with E-state index in [1.165, 1.54) is 0 Å². The molecule has 1 atom stereocenters. The number of hydrogen-bond acceptors (Lipinski definition) is 5. The standard InChI is InChI=1S/C11H19ClN4O/c1-4-5-13-11-14-6-9(12)10(15-11)16(3)7-8(2)17/h6,8,17H,4-5,7H2,1-3H3,(H,13,14,15). The van der Waals surface area contributed by atoms with Crippen LogP contribution >= 0.6 is 11.6 Å². The number of aliphatic hydroxyl groups is 1. The molecule has 0 aliphatic rings. The second-order valence-corrected chi connectivity index (χ2v) is 4.43. The largest absolute Gasteiger partial charge is 0.392 e. The Bertz CT molecular complexity index is 359. The van der Waals surface area contributed by atoms with Gasteiger partial charge in [-0.05, 0) is 13.3 Å². The molecule has 1 unspecified atom stereocenters. The van der Waals surface area contributed by atoms with Crippen molar-refractivity contribution < 1.29 is 5.11 Å². The predicted molar refractivity (Wildman–Crippen MR) is 70.8 cm³/mol. The van der Waals surface area contributed by atoms with Crippen LogP contribution in [0.3, 0.4) is 0 Å². The van der Waals surface area contributed by atoms with Gasteiger partial charge in [0, 0.05) is 20.1 Å². The maximum atomic E-state index is 9.34. The summed E-state index contributed by atoms with van der Waals surface area (Å²) in [6, 6.07) is 0. The van der Waals surface area contributed by atoms with Crippen LogP contribution in [0.2, 0.25) is 5.02 Å². The molecule has 0 saturated heterocycles. The fourth-order valence-electron chi connectivity index (χ4n) is 1.43. The van der Waals surface area contributed by atoms with E-state index < -0.39 is 6.10 Å². The minimum absolute atomic E-state index is 0.432. The molecule has 0 fully saturated rings. The fourth-order valence-corrected chi connectivity index (χ4v) is 1.67. The Hall–Kier alpha value is -1.07. The zero-order valence-electron chi connectivity index (χ0n) is 10.4. The van der Waals surface area contributed by atoms with E-state index >= 15 is 0 Å². The average Bonchev–Trinajstić information content (AvgIpc) is 2.27. The highest BCUT2D eigenvalue weighted by Crippen LogP contribution is 2.22. The van der Waals surface area contributed by atoms with Crippen LogP contribution in [-0.2, 0) is 0 Å². The van der Waals surface area contributed by atoms with E-state index in [-0.39, 0.29) is 0 Å².